The molecule has 108 valence electrons. The maximum absolute atomic E-state index is 12.6. The molecule has 0 bridgehead atoms. The van der Waals surface area contributed by atoms with E-state index in [4.69, 9.17) is 5.26 Å². The van der Waals surface area contributed by atoms with Crippen molar-refractivity contribution in [3.8, 4) is 17.3 Å². The third-order valence-corrected chi connectivity index (χ3v) is 3.52. The lowest BCUT2D eigenvalue weighted by Gasteiger charge is -2.15. The van der Waals surface area contributed by atoms with E-state index >= 15 is 0 Å². The van der Waals surface area contributed by atoms with Crippen LogP contribution in [-0.2, 0) is 13.0 Å². The molecule has 3 heteroatoms. The van der Waals surface area contributed by atoms with Crippen LogP contribution in [0.5, 0.6) is 0 Å². The zero-order valence-electron chi connectivity index (χ0n) is 12.5. The molecule has 2 aromatic rings. The minimum absolute atomic E-state index is 0.0430. The molecule has 1 aromatic carbocycles. The maximum Gasteiger partial charge on any atom is 0.255 e. The van der Waals surface area contributed by atoms with Crippen LogP contribution in [0.1, 0.15) is 25.8 Å². The van der Waals surface area contributed by atoms with E-state index in [-0.39, 0.29) is 12.0 Å². The van der Waals surface area contributed by atoms with Crippen molar-refractivity contribution in [3.05, 3.63) is 58.4 Å². The van der Waals surface area contributed by atoms with Crippen LogP contribution in [0.3, 0.4) is 0 Å². The molecule has 1 aromatic heterocycles. The molecule has 0 fully saturated rings. The summed E-state index contributed by atoms with van der Waals surface area (Å²) in [6.07, 6.45) is 1.10. The third-order valence-electron chi connectivity index (χ3n) is 3.52. The zero-order valence-corrected chi connectivity index (χ0v) is 12.5. The van der Waals surface area contributed by atoms with Gasteiger partial charge in [-0.15, -0.1) is 0 Å². The zero-order chi connectivity index (χ0) is 15.2. The molecule has 0 unspecified atom stereocenters. The van der Waals surface area contributed by atoms with Crippen LogP contribution in [0.2, 0.25) is 0 Å². The van der Waals surface area contributed by atoms with Crippen molar-refractivity contribution in [2.24, 2.45) is 5.92 Å². The van der Waals surface area contributed by atoms with Gasteiger partial charge in [-0.2, -0.15) is 5.26 Å². The summed E-state index contributed by atoms with van der Waals surface area (Å²) in [6, 6.07) is 15.7. The number of hydrogen-bond donors (Lipinski definition) is 0. The van der Waals surface area contributed by atoms with E-state index in [1.165, 1.54) is 0 Å². The monoisotopic (exact) mass is 280 g/mol. The number of pyridine rings is 1. The minimum Gasteiger partial charge on any atom is -0.308 e. The van der Waals surface area contributed by atoms with Crippen LogP contribution in [0.4, 0.5) is 0 Å². The standard InChI is InChI=1S/C18H20N2O/c1-14(2)11-13-20-17(15-6-4-3-5-7-15)9-8-16(10-12-19)18(20)21/h3-9,14H,10-11,13H2,1-2H3. The van der Waals surface area contributed by atoms with Gasteiger partial charge in [0.1, 0.15) is 0 Å². The first-order valence-corrected chi connectivity index (χ1v) is 7.28. The summed E-state index contributed by atoms with van der Waals surface area (Å²) in [5, 5.41) is 8.84. The number of nitriles is 1. The molecule has 3 nitrogen and oxygen atoms in total. The SMILES string of the molecule is CC(C)CCn1c(-c2ccccc2)ccc(CC#N)c1=O. The molecule has 0 aliphatic carbocycles. The fourth-order valence-electron chi connectivity index (χ4n) is 2.31. The lowest BCUT2D eigenvalue weighted by molar-refractivity contribution is 0.509. The number of aromatic nitrogens is 1. The van der Waals surface area contributed by atoms with Crippen molar-refractivity contribution in [2.75, 3.05) is 0 Å². The molecule has 0 saturated heterocycles. The summed E-state index contributed by atoms with van der Waals surface area (Å²) >= 11 is 0. The summed E-state index contributed by atoms with van der Waals surface area (Å²) < 4.78 is 1.81. The Bertz CT molecular complexity index is 693. The molecule has 0 spiro atoms. The van der Waals surface area contributed by atoms with Gasteiger partial charge in [0.25, 0.3) is 5.56 Å². The molecule has 0 N–H and O–H groups in total. The van der Waals surface area contributed by atoms with Gasteiger partial charge in [0.05, 0.1) is 18.2 Å². The molecule has 0 radical (unpaired) electrons. The Morgan fingerprint density at radius 2 is 1.86 bits per heavy atom. The van der Waals surface area contributed by atoms with E-state index in [0.29, 0.717) is 18.0 Å². The highest BCUT2D eigenvalue weighted by atomic mass is 16.1. The van der Waals surface area contributed by atoms with Crippen molar-refractivity contribution < 1.29 is 0 Å². The second-order valence-electron chi connectivity index (χ2n) is 5.58. The van der Waals surface area contributed by atoms with Crippen LogP contribution < -0.4 is 5.56 Å². The average Bonchev–Trinajstić information content (AvgIpc) is 2.49. The van der Waals surface area contributed by atoms with E-state index in [2.05, 4.69) is 19.9 Å². The number of benzene rings is 1. The molecule has 0 saturated carbocycles. The summed E-state index contributed by atoms with van der Waals surface area (Å²) in [5.41, 5.74) is 2.48. The van der Waals surface area contributed by atoms with E-state index in [9.17, 15) is 4.79 Å². The van der Waals surface area contributed by atoms with Crippen molar-refractivity contribution in [1.29, 1.82) is 5.26 Å². The van der Waals surface area contributed by atoms with E-state index in [0.717, 1.165) is 17.7 Å². The van der Waals surface area contributed by atoms with Crippen LogP contribution in [0, 0.1) is 17.2 Å². The Balaban J connectivity index is 2.52. The van der Waals surface area contributed by atoms with Gasteiger partial charge in [0.15, 0.2) is 0 Å². The van der Waals surface area contributed by atoms with Gasteiger partial charge < -0.3 is 4.57 Å². The molecule has 0 aliphatic heterocycles. The van der Waals surface area contributed by atoms with Crippen molar-refractivity contribution >= 4 is 0 Å². The third kappa shape index (κ3) is 3.61. The molecule has 21 heavy (non-hydrogen) atoms. The topological polar surface area (TPSA) is 45.8 Å². The molecule has 1 heterocycles. The van der Waals surface area contributed by atoms with E-state index in [1.807, 2.05) is 41.0 Å². The number of hydrogen-bond acceptors (Lipinski definition) is 2. The highest BCUT2D eigenvalue weighted by Gasteiger charge is 2.10. The molecule has 2 rings (SSSR count). The smallest absolute Gasteiger partial charge is 0.255 e. The lowest BCUT2D eigenvalue weighted by Crippen LogP contribution is -2.25. The highest BCUT2D eigenvalue weighted by molar-refractivity contribution is 5.59. The summed E-state index contributed by atoms with van der Waals surface area (Å²) in [7, 11) is 0. The second-order valence-corrected chi connectivity index (χ2v) is 5.58. The summed E-state index contributed by atoms with van der Waals surface area (Å²) in [4.78, 5) is 12.6. The van der Waals surface area contributed by atoms with Crippen LogP contribution in [-0.4, -0.2) is 4.57 Å². The Hall–Kier alpha value is -2.34. The predicted octanol–water partition coefficient (Wildman–Crippen LogP) is 3.63. The molecule has 0 amide bonds. The van der Waals surface area contributed by atoms with Gasteiger partial charge in [-0.05, 0) is 24.0 Å². The average molecular weight is 280 g/mol. The normalized spacial score (nSPS) is 10.6. The van der Waals surface area contributed by atoms with Gasteiger partial charge >= 0.3 is 0 Å². The van der Waals surface area contributed by atoms with Crippen LogP contribution >= 0.6 is 0 Å². The van der Waals surface area contributed by atoms with Gasteiger partial charge in [0, 0.05) is 12.1 Å². The number of nitrogens with zero attached hydrogens (tertiary/aromatic N) is 2. The van der Waals surface area contributed by atoms with Crippen molar-refractivity contribution in [3.63, 3.8) is 0 Å². The first-order valence-electron chi connectivity index (χ1n) is 7.28. The number of rotatable bonds is 5. The van der Waals surface area contributed by atoms with E-state index in [1.54, 1.807) is 6.07 Å². The largest absolute Gasteiger partial charge is 0.308 e. The fourth-order valence-corrected chi connectivity index (χ4v) is 2.31. The van der Waals surface area contributed by atoms with Gasteiger partial charge in [-0.25, -0.2) is 0 Å². The van der Waals surface area contributed by atoms with Gasteiger partial charge in [-0.3, -0.25) is 4.79 Å². The van der Waals surface area contributed by atoms with Crippen LogP contribution in [0.15, 0.2) is 47.3 Å². The van der Waals surface area contributed by atoms with Crippen molar-refractivity contribution in [2.45, 2.75) is 33.2 Å². The summed E-state index contributed by atoms with van der Waals surface area (Å²) in [5.74, 6) is 0.528. The molecular formula is C18H20N2O. The Morgan fingerprint density at radius 3 is 2.48 bits per heavy atom. The molecular weight excluding hydrogens is 260 g/mol. The Kier molecular flexibility index (Phi) is 4.94. The quantitative estimate of drug-likeness (QED) is 0.839. The Labute approximate surface area is 125 Å². The maximum atomic E-state index is 12.6. The fraction of sp³-hybridized carbons (Fsp3) is 0.333. The van der Waals surface area contributed by atoms with Gasteiger partial charge in [0.2, 0.25) is 0 Å². The highest BCUT2D eigenvalue weighted by Crippen LogP contribution is 2.19. The lowest BCUT2D eigenvalue weighted by atomic mass is 10.1. The van der Waals surface area contributed by atoms with Crippen LogP contribution in [0.25, 0.3) is 11.3 Å². The van der Waals surface area contributed by atoms with Gasteiger partial charge in [-0.1, -0.05) is 50.2 Å². The minimum atomic E-state index is -0.0430. The second kappa shape index (κ2) is 6.90. The predicted molar refractivity (Wildman–Crippen MR) is 84.9 cm³/mol. The first-order chi connectivity index (χ1) is 10.1. The Morgan fingerprint density at radius 1 is 1.14 bits per heavy atom. The molecule has 0 aliphatic rings. The first kappa shape index (κ1) is 15.1. The summed E-state index contributed by atoms with van der Waals surface area (Å²) in [6.45, 7) is 4.97. The van der Waals surface area contributed by atoms with Crippen molar-refractivity contribution in [1.82, 2.24) is 4.57 Å². The molecule has 0 atom stereocenters. The van der Waals surface area contributed by atoms with E-state index < -0.39 is 0 Å².